The second-order valence-corrected chi connectivity index (χ2v) is 5.75. The molecule has 0 saturated heterocycles. The van der Waals surface area contributed by atoms with Crippen LogP contribution < -0.4 is 10.1 Å². The molecule has 21 heavy (non-hydrogen) atoms. The lowest BCUT2D eigenvalue weighted by Crippen LogP contribution is -2.05. The van der Waals surface area contributed by atoms with Gasteiger partial charge in [-0.2, -0.15) is 0 Å². The predicted octanol–water partition coefficient (Wildman–Crippen LogP) is 3.29. The monoisotopic (exact) mass is 305 g/mol. The van der Waals surface area contributed by atoms with Gasteiger partial charge in [-0.15, -0.1) is 11.3 Å². The molecule has 0 saturated carbocycles. The number of rotatable bonds is 5. The number of hydrogen-bond donors (Lipinski definition) is 2. The van der Waals surface area contributed by atoms with Gasteiger partial charge in [-0.25, -0.2) is 4.79 Å². The van der Waals surface area contributed by atoms with E-state index in [1.165, 1.54) is 18.3 Å². The third-order valence-electron chi connectivity index (χ3n) is 2.78. The van der Waals surface area contributed by atoms with E-state index in [4.69, 9.17) is 9.84 Å². The molecule has 1 aromatic carbocycles. The Morgan fingerprint density at radius 1 is 1.33 bits per heavy atom. The van der Waals surface area contributed by atoms with E-state index in [1.807, 2.05) is 6.92 Å². The molecular formula is C15H15NO4S. The van der Waals surface area contributed by atoms with Crippen LogP contribution in [0.5, 0.6) is 5.75 Å². The lowest BCUT2D eigenvalue weighted by molar-refractivity contribution is -0.114. The molecule has 0 aliphatic carbocycles. The largest absolute Gasteiger partial charge is 0.489 e. The Hall–Kier alpha value is -2.34. The summed E-state index contributed by atoms with van der Waals surface area (Å²) in [6.45, 7) is 3.60. The minimum Gasteiger partial charge on any atom is -0.489 e. The van der Waals surface area contributed by atoms with Crippen molar-refractivity contribution >= 4 is 28.9 Å². The Labute approximate surface area is 126 Å². The quantitative estimate of drug-likeness (QED) is 0.888. The average Bonchev–Trinajstić information content (AvgIpc) is 2.78. The van der Waals surface area contributed by atoms with Crippen LogP contribution in [0, 0.1) is 6.92 Å². The lowest BCUT2D eigenvalue weighted by Gasteiger charge is -2.08. The van der Waals surface area contributed by atoms with Gasteiger partial charge in [0.1, 0.15) is 17.2 Å². The van der Waals surface area contributed by atoms with Gasteiger partial charge in [0.25, 0.3) is 0 Å². The van der Waals surface area contributed by atoms with Crippen LogP contribution in [0.25, 0.3) is 0 Å². The molecule has 5 nitrogen and oxygen atoms in total. The fourth-order valence-corrected chi connectivity index (χ4v) is 2.66. The van der Waals surface area contributed by atoms with Crippen molar-refractivity contribution in [1.82, 2.24) is 0 Å². The predicted molar refractivity (Wildman–Crippen MR) is 81.1 cm³/mol. The number of carboxylic acids is 1. The topological polar surface area (TPSA) is 75.6 Å². The molecule has 110 valence electrons. The molecule has 2 rings (SSSR count). The molecule has 0 aliphatic rings. The SMILES string of the molecule is CC(=O)Nc1cccc(OCc2cc(C(=O)O)sc2C)c1. The maximum absolute atomic E-state index is 11.0. The van der Waals surface area contributed by atoms with Gasteiger partial charge >= 0.3 is 5.97 Å². The number of nitrogens with one attached hydrogen (secondary N) is 1. The number of thiophene rings is 1. The van der Waals surface area contributed by atoms with E-state index in [0.29, 0.717) is 22.9 Å². The molecular weight excluding hydrogens is 290 g/mol. The molecule has 1 heterocycles. The molecule has 1 amide bonds. The second-order valence-electron chi connectivity index (χ2n) is 4.49. The fourth-order valence-electron chi connectivity index (χ4n) is 1.80. The molecule has 1 aromatic heterocycles. The van der Waals surface area contributed by atoms with Crippen LogP contribution in [-0.2, 0) is 11.4 Å². The van der Waals surface area contributed by atoms with Crippen molar-refractivity contribution in [2.75, 3.05) is 5.32 Å². The van der Waals surface area contributed by atoms with Crippen molar-refractivity contribution in [2.45, 2.75) is 20.5 Å². The highest BCUT2D eigenvalue weighted by Gasteiger charge is 2.11. The van der Waals surface area contributed by atoms with E-state index in [0.717, 1.165) is 10.4 Å². The summed E-state index contributed by atoms with van der Waals surface area (Å²) in [6, 6.07) is 8.68. The summed E-state index contributed by atoms with van der Waals surface area (Å²) in [6.07, 6.45) is 0. The standard InChI is InChI=1S/C15H15NO4S/c1-9-11(6-14(21-9)15(18)19)8-20-13-5-3-4-12(7-13)16-10(2)17/h3-7H,8H2,1-2H3,(H,16,17)(H,18,19). The number of aryl methyl sites for hydroxylation is 1. The summed E-state index contributed by atoms with van der Waals surface area (Å²) in [5.74, 6) is -0.461. The zero-order chi connectivity index (χ0) is 15.4. The van der Waals surface area contributed by atoms with E-state index in [-0.39, 0.29) is 5.91 Å². The van der Waals surface area contributed by atoms with Crippen LogP contribution in [0.15, 0.2) is 30.3 Å². The summed E-state index contributed by atoms with van der Waals surface area (Å²) in [4.78, 5) is 23.2. The van der Waals surface area contributed by atoms with E-state index in [1.54, 1.807) is 30.3 Å². The number of anilines is 1. The molecule has 0 bridgehead atoms. The highest BCUT2D eigenvalue weighted by molar-refractivity contribution is 7.14. The van der Waals surface area contributed by atoms with Crippen molar-refractivity contribution in [3.8, 4) is 5.75 Å². The molecule has 0 radical (unpaired) electrons. The highest BCUT2D eigenvalue weighted by atomic mass is 32.1. The molecule has 0 unspecified atom stereocenters. The van der Waals surface area contributed by atoms with Crippen molar-refractivity contribution in [3.05, 3.63) is 45.6 Å². The van der Waals surface area contributed by atoms with Crippen LogP contribution >= 0.6 is 11.3 Å². The minimum absolute atomic E-state index is 0.146. The van der Waals surface area contributed by atoms with Crippen molar-refractivity contribution in [2.24, 2.45) is 0 Å². The van der Waals surface area contributed by atoms with Crippen LogP contribution in [0.4, 0.5) is 5.69 Å². The first-order valence-electron chi connectivity index (χ1n) is 6.29. The molecule has 6 heteroatoms. The summed E-state index contributed by atoms with van der Waals surface area (Å²) in [5, 5.41) is 11.6. The van der Waals surface area contributed by atoms with Gasteiger partial charge in [-0.3, -0.25) is 4.79 Å². The van der Waals surface area contributed by atoms with Crippen LogP contribution in [0.1, 0.15) is 27.0 Å². The highest BCUT2D eigenvalue weighted by Crippen LogP contribution is 2.24. The number of ether oxygens (including phenoxy) is 1. The number of benzene rings is 1. The van der Waals surface area contributed by atoms with Gasteiger partial charge in [0.15, 0.2) is 0 Å². The molecule has 2 aromatic rings. The second kappa shape index (κ2) is 6.41. The Morgan fingerprint density at radius 3 is 2.71 bits per heavy atom. The zero-order valence-electron chi connectivity index (χ0n) is 11.7. The Kier molecular flexibility index (Phi) is 4.59. The van der Waals surface area contributed by atoms with Crippen molar-refractivity contribution in [1.29, 1.82) is 0 Å². The summed E-state index contributed by atoms with van der Waals surface area (Å²) >= 11 is 1.23. The molecule has 0 atom stereocenters. The van der Waals surface area contributed by atoms with Crippen LogP contribution in [0.3, 0.4) is 0 Å². The number of hydrogen-bond acceptors (Lipinski definition) is 4. The molecule has 0 aliphatic heterocycles. The average molecular weight is 305 g/mol. The third-order valence-corrected chi connectivity index (χ3v) is 3.86. The molecule has 0 spiro atoms. The first-order valence-corrected chi connectivity index (χ1v) is 7.10. The smallest absolute Gasteiger partial charge is 0.345 e. The van der Waals surface area contributed by atoms with Crippen molar-refractivity contribution < 1.29 is 19.4 Å². The van der Waals surface area contributed by atoms with Gasteiger partial charge in [-0.05, 0) is 25.1 Å². The van der Waals surface area contributed by atoms with Crippen LogP contribution in [-0.4, -0.2) is 17.0 Å². The zero-order valence-corrected chi connectivity index (χ0v) is 12.5. The van der Waals surface area contributed by atoms with Crippen molar-refractivity contribution in [3.63, 3.8) is 0 Å². The van der Waals surface area contributed by atoms with E-state index < -0.39 is 5.97 Å². The Balaban J connectivity index is 2.06. The first kappa shape index (κ1) is 15.1. The number of carboxylic acid groups (broad SMARTS) is 1. The normalized spacial score (nSPS) is 10.2. The van der Waals surface area contributed by atoms with E-state index in [9.17, 15) is 9.59 Å². The van der Waals surface area contributed by atoms with Gasteiger partial charge < -0.3 is 15.2 Å². The molecule has 0 fully saturated rings. The van der Waals surface area contributed by atoms with Gasteiger partial charge in [-0.1, -0.05) is 6.07 Å². The number of carbonyl (C=O) groups excluding carboxylic acids is 1. The van der Waals surface area contributed by atoms with E-state index in [2.05, 4.69) is 5.32 Å². The number of aromatic carboxylic acids is 1. The van der Waals surface area contributed by atoms with Gasteiger partial charge in [0, 0.05) is 29.1 Å². The minimum atomic E-state index is -0.929. The number of carbonyl (C=O) groups is 2. The first-order chi connectivity index (χ1) is 9.95. The van der Waals surface area contributed by atoms with Crippen LogP contribution in [0.2, 0.25) is 0 Å². The summed E-state index contributed by atoms with van der Waals surface area (Å²) in [5.41, 5.74) is 1.51. The molecule has 2 N–H and O–H groups in total. The lowest BCUT2D eigenvalue weighted by atomic mass is 10.2. The Morgan fingerprint density at radius 2 is 2.10 bits per heavy atom. The van der Waals surface area contributed by atoms with E-state index >= 15 is 0 Å². The summed E-state index contributed by atoms with van der Waals surface area (Å²) in [7, 11) is 0. The Bertz CT molecular complexity index is 678. The fraction of sp³-hybridized carbons (Fsp3) is 0.200. The third kappa shape index (κ3) is 4.06. The maximum Gasteiger partial charge on any atom is 0.345 e. The number of amides is 1. The maximum atomic E-state index is 11.0. The summed E-state index contributed by atoms with van der Waals surface area (Å²) < 4.78 is 5.65. The van der Waals surface area contributed by atoms with Gasteiger partial charge in [0.2, 0.25) is 5.91 Å². The van der Waals surface area contributed by atoms with Gasteiger partial charge in [0.05, 0.1) is 0 Å².